The molecule has 0 atom stereocenters. The minimum absolute atomic E-state index is 1.11. The van der Waals surface area contributed by atoms with Crippen molar-refractivity contribution in [3.05, 3.63) is 0 Å². The molecule has 1 fully saturated rings. The molecule has 0 aliphatic heterocycles. The van der Waals surface area contributed by atoms with E-state index >= 15 is 0 Å². The molecular weight excluding hydrogens is 223 g/mol. The molecule has 0 aromatic carbocycles. The maximum Gasteiger partial charge on any atom is -0.000463 e. The highest BCUT2D eigenvalue weighted by molar-refractivity contribution is 14.1. The van der Waals surface area contributed by atoms with Crippen LogP contribution in [0.15, 0.2) is 0 Å². The van der Waals surface area contributed by atoms with Crippen LogP contribution in [0.4, 0.5) is 0 Å². The molecule has 0 aromatic heterocycles. The molecule has 0 radical (unpaired) electrons. The summed E-state index contributed by atoms with van der Waals surface area (Å²) < 4.78 is 1.36. The SMILES string of the molecule is ICCCC1CCCC1. The number of hydrogen-bond acceptors (Lipinski definition) is 0. The predicted molar refractivity (Wildman–Crippen MR) is 50.1 cm³/mol. The van der Waals surface area contributed by atoms with Crippen molar-refractivity contribution < 1.29 is 0 Å². The van der Waals surface area contributed by atoms with Gasteiger partial charge in [-0.3, -0.25) is 0 Å². The summed E-state index contributed by atoms with van der Waals surface area (Å²) in [5.74, 6) is 1.11. The van der Waals surface area contributed by atoms with Crippen LogP contribution >= 0.6 is 22.6 Å². The van der Waals surface area contributed by atoms with Crippen LogP contribution in [0.1, 0.15) is 38.5 Å². The Balaban J connectivity index is 1.98. The molecule has 0 aromatic rings. The van der Waals surface area contributed by atoms with E-state index in [0.29, 0.717) is 0 Å². The predicted octanol–water partition coefficient (Wildman–Crippen LogP) is 3.39. The van der Waals surface area contributed by atoms with E-state index in [0.717, 1.165) is 5.92 Å². The molecule has 1 rings (SSSR count). The molecule has 0 N–H and O–H groups in total. The van der Waals surface area contributed by atoms with Crippen LogP contribution < -0.4 is 0 Å². The molecule has 0 heterocycles. The lowest BCUT2D eigenvalue weighted by molar-refractivity contribution is 0.500. The highest BCUT2D eigenvalue weighted by atomic mass is 127. The normalized spacial score (nSPS) is 21.0. The van der Waals surface area contributed by atoms with Gasteiger partial charge in [-0.05, 0) is 23.2 Å². The second kappa shape index (κ2) is 4.53. The van der Waals surface area contributed by atoms with Crippen LogP contribution in [0.3, 0.4) is 0 Å². The van der Waals surface area contributed by atoms with Gasteiger partial charge in [-0.1, -0.05) is 48.3 Å². The fraction of sp³-hybridized carbons (Fsp3) is 1.00. The molecule has 0 spiro atoms. The summed E-state index contributed by atoms with van der Waals surface area (Å²) >= 11 is 2.47. The van der Waals surface area contributed by atoms with Gasteiger partial charge in [0.15, 0.2) is 0 Å². The zero-order valence-corrected chi connectivity index (χ0v) is 8.06. The standard InChI is InChI=1S/C8H15I/c9-7-3-6-8-4-1-2-5-8/h8H,1-7H2. The van der Waals surface area contributed by atoms with Crippen LogP contribution in [0.5, 0.6) is 0 Å². The Labute approximate surface area is 71.5 Å². The molecule has 0 unspecified atom stereocenters. The van der Waals surface area contributed by atoms with E-state index in [2.05, 4.69) is 22.6 Å². The van der Waals surface area contributed by atoms with Crippen molar-refractivity contribution >= 4 is 22.6 Å². The molecule has 0 amide bonds. The third-order valence-corrected chi connectivity index (χ3v) is 2.98. The van der Waals surface area contributed by atoms with E-state index in [1.54, 1.807) is 0 Å². The topological polar surface area (TPSA) is 0 Å². The van der Waals surface area contributed by atoms with E-state index < -0.39 is 0 Å². The quantitative estimate of drug-likeness (QED) is 0.522. The lowest BCUT2D eigenvalue weighted by Crippen LogP contribution is -1.92. The first-order valence-electron chi connectivity index (χ1n) is 3.99. The van der Waals surface area contributed by atoms with Crippen LogP contribution in [-0.4, -0.2) is 4.43 Å². The smallest absolute Gasteiger partial charge is 0.000463 e. The number of halogens is 1. The Kier molecular flexibility index (Phi) is 3.94. The summed E-state index contributed by atoms with van der Waals surface area (Å²) in [4.78, 5) is 0. The van der Waals surface area contributed by atoms with Crippen molar-refractivity contribution in [2.75, 3.05) is 4.43 Å². The van der Waals surface area contributed by atoms with E-state index in [-0.39, 0.29) is 0 Å². The van der Waals surface area contributed by atoms with Gasteiger partial charge in [0, 0.05) is 0 Å². The van der Waals surface area contributed by atoms with E-state index in [4.69, 9.17) is 0 Å². The van der Waals surface area contributed by atoms with Crippen molar-refractivity contribution in [3.63, 3.8) is 0 Å². The lowest BCUT2D eigenvalue weighted by Gasteiger charge is -2.04. The molecule has 0 bridgehead atoms. The molecule has 1 aliphatic rings. The number of rotatable bonds is 3. The van der Waals surface area contributed by atoms with Gasteiger partial charge in [-0.25, -0.2) is 0 Å². The van der Waals surface area contributed by atoms with Crippen LogP contribution in [0, 0.1) is 5.92 Å². The van der Waals surface area contributed by atoms with Crippen LogP contribution in [-0.2, 0) is 0 Å². The summed E-state index contributed by atoms with van der Waals surface area (Å²) in [6.45, 7) is 0. The van der Waals surface area contributed by atoms with Gasteiger partial charge in [0.05, 0.1) is 0 Å². The summed E-state index contributed by atoms with van der Waals surface area (Å²) in [5.41, 5.74) is 0. The highest BCUT2D eigenvalue weighted by Gasteiger charge is 2.13. The number of hydrogen-bond donors (Lipinski definition) is 0. The van der Waals surface area contributed by atoms with Crippen LogP contribution in [0.2, 0.25) is 0 Å². The Morgan fingerprint density at radius 3 is 2.44 bits per heavy atom. The average molecular weight is 238 g/mol. The maximum absolute atomic E-state index is 2.47. The van der Waals surface area contributed by atoms with Gasteiger partial charge in [0.2, 0.25) is 0 Å². The summed E-state index contributed by atoms with van der Waals surface area (Å²) in [6, 6.07) is 0. The Hall–Kier alpha value is 0.730. The zero-order valence-electron chi connectivity index (χ0n) is 5.91. The first-order chi connectivity index (χ1) is 4.43. The summed E-state index contributed by atoms with van der Waals surface area (Å²) in [7, 11) is 0. The second-order valence-corrected chi connectivity index (χ2v) is 4.06. The average Bonchev–Trinajstić information content (AvgIpc) is 2.34. The van der Waals surface area contributed by atoms with E-state index in [1.807, 2.05) is 0 Å². The van der Waals surface area contributed by atoms with Crippen molar-refractivity contribution in [1.29, 1.82) is 0 Å². The largest absolute Gasteiger partial charge is 0.0864 e. The van der Waals surface area contributed by atoms with Gasteiger partial charge >= 0.3 is 0 Å². The summed E-state index contributed by atoms with van der Waals surface area (Å²) in [5, 5.41) is 0. The Morgan fingerprint density at radius 1 is 1.22 bits per heavy atom. The van der Waals surface area contributed by atoms with Gasteiger partial charge < -0.3 is 0 Å². The van der Waals surface area contributed by atoms with E-state index in [1.165, 1.54) is 43.0 Å². The van der Waals surface area contributed by atoms with Gasteiger partial charge in [-0.15, -0.1) is 0 Å². The van der Waals surface area contributed by atoms with Gasteiger partial charge in [0.1, 0.15) is 0 Å². The molecule has 0 nitrogen and oxygen atoms in total. The molecule has 0 saturated heterocycles. The molecule has 9 heavy (non-hydrogen) atoms. The van der Waals surface area contributed by atoms with Crippen molar-refractivity contribution in [3.8, 4) is 0 Å². The van der Waals surface area contributed by atoms with Crippen molar-refractivity contribution in [2.45, 2.75) is 38.5 Å². The van der Waals surface area contributed by atoms with Crippen molar-refractivity contribution in [2.24, 2.45) is 5.92 Å². The Morgan fingerprint density at radius 2 is 1.89 bits per heavy atom. The summed E-state index contributed by atoms with van der Waals surface area (Å²) in [6.07, 6.45) is 9.01. The van der Waals surface area contributed by atoms with Gasteiger partial charge in [-0.2, -0.15) is 0 Å². The Bertz CT molecular complexity index is 65.0. The first-order valence-corrected chi connectivity index (χ1v) is 5.52. The van der Waals surface area contributed by atoms with E-state index in [9.17, 15) is 0 Å². The highest BCUT2D eigenvalue weighted by Crippen LogP contribution is 2.28. The first kappa shape index (κ1) is 7.83. The maximum atomic E-state index is 2.47. The third-order valence-electron chi connectivity index (χ3n) is 2.22. The molecule has 1 aliphatic carbocycles. The second-order valence-electron chi connectivity index (χ2n) is 2.98. The molecule has 54 valence electrons. The minimum atomic E-state index is 1.11. The fourth-order valence-electron chi connectivity index (χ4n) is 1.66. The fourth-order valence-corrected chi connectivity index (χ4v) is 2.11. The lowest BCUT2D eigenvalue weighted by atomic mass is 10.0. The molecular formula is C8H15I. The molecule has 1 heteroatoms. The zero-order chi connectivity index (χ0) is 6.53. The van der Waals surface area contributed by atoms with Gasteiger partial charge in [0.25, 0.3) is 0 Å². The van der Waals surface area contributed by atoms with Crippen molar-refractivity contribution in [1.82, 2.24) is 0 Å². The number of alkyl halides is 1. The molecule has 1 saturated carbocycles. The van der Waals surface area contributed by atoms with Crippen LogP contribution in [0.25, 0.3) is 0 Å². The monoisotopic (exact) mass is 238 g/mol. The third kappa shape index (κ3) is 2.87. The minimum Gasteiger partial charge on any atom is -0.0864 e.